The van der Waals surface area contributed by atoms with Crippen LogP contribution < -0.4 is 0 Å². The highest BCUT2D eigenvalue weighted by atomic mass is 32.2. The van der Waals surface area contributed by atoms with Gasteiger partial charge >= 0.3 is 0 Å². The minimum atomic E-state index is -0.0325. The van der Waals surface area contributed by atoms with E-state index in [2.05, 4.69) is 107 Å². The lowest BCUT2D eigenvalue weighted by Crippen LogP contribution is -2.09. The van der Waals surface area contributed by atoms with E-state index in [1.807, 2.05) is 0 Å². The first-order valence-electron chi connectivity index (χ1n) is 11.6. The monoisotopic (exact) mass is 538 g/mol. The third-order valence-electron chi connectivity index (χ3n) is 4.08. The lowest BCUT2D eigenvalue weighted by atomic mass is 10.1. The number of hydrogen-bond donors (Lipinski definition) is 2. The van der Waals surface area contributed by atoms with Gasteiger partial charge in [0, 0.05) is 19.0 Å². The van der Waals surface area contributed by atoms with Crippen LogP contribution in [0.15, 0.2) is 43.8 Å². The molecule has 0 amide bonds. The van der Waals surface area contributed by atoms with Crippen molar-refractivity contribution < 1.29 is 10.2 Å². The number of hydrogen-bond acceptors (Lipinski definition) is 6. The normalized spacial score (nSPS) is 13.4. The highest BCUT2D eigenvalue weighted by Crippen LogP contribution is 2.50. The molecular weight excluding hydrogens is 497 g/mol. The van der Waals surface area contributed by atoms with Crippen molar-refractivity contribution in [3.8, 4) is 22.6 Å². The summed E-state index contributed by atoms with van der Waals surface area (Å²) in [6.45, 7) is 26.0. The van der Waals surface area contributed by atoms with Crippen LogP contribution in [0.1, 0.15) is 83.1 Å². The average molecular weight is 539 g/mol. The molecule has 0 heterocycles. The van der Waals surface area contributed by atoms with Crippen molar-refractivity contribution in [2.45, 2.75) is 122 Å². The first-order valence-corrected chi connectivity index (χ1v) is 14.9. The second-order valence-electron chi connectivity index (χ2n) is 12.5. The van der Waals surface area contributed by atoms with Crippen LogP contribution in [0.25, 0.3) is 11.1 Å². The molecule has 0 atom stereocenters. The Morgan fingerprint density at radius 3 is 0.735 bits per heavy atom. The van der Waals surface area contributed by atoms with Crippen LogP contribution in [0.2, 0.25) is 0 Å². The number of rotatable bonds is 5. The van der Waals surface area contributed by atoms with Crippen molar-refractivity contribution in [1.29, 1.82) is 0 Å². The summed E-state index contributed by atoms with van der Waals surface area (Å²) in [6.07, 6.45) is 0. The van der Waals surface area contributed by atoms with Gasteiger partial charge in [-0.3, -0.25) is 0 Å². The zero-order chi connectivity index (χ0) is 26.3. The summed E-state index contributed by atoms with van der Waals surface area (Å²) in [5.41, 5.74) is 2.12. The zero-order valence-electron chi connectivity index (χ0n) is 22.8. The van der Waals surface area contributed by atoms with Crippen LogP contribution in [0.3, 0.4) is 0 Å². The van der Waals surface area contributed by atoms with Gasteiger partial charge in [0.15, 0.2) is 0 Å². The number of aromatic hydroxyl groups is 2. The van der Waals surface area contributed by atoms with Gasteiger partial charge in [0.1, 0.15) is 11.5 Å². The summed E-state index contributed by atoms with van der Waals surface area (Å²) in [6, 6.07) is 8.39. The Hall–Kier alpha value is -0.560. The summed E-state index contributed by atoms with van der Waals surface area (Å²) in [4.78, 5) is 3.56. The van der Waals surface area contributed by atoms with E-state index in [4.69, 9.17) is 0 Å². The molecule has 0 aliphatic heterocycles. The molecule has 2 aromatic carbocycles. The van der Waals surface area contributed by atoms with Gasteiger partial charge in [0.2, 0.25) is 0 Å². The molecule has 0 aliphatic rings. The van der Waals surface area contributed by atoms with E-state index < -0.39 is 0 Å². The third kappa shape index (κ3) is 9.48. The van der Waals surface area contributed by atoms with E-state index in [-0.39, 0.29) is 19.0 Å². The van der Waals surface area contributed by atoms with E-state index in [1.54, 1.807) is 47.0 Å². The molecule has 6 heteroatoms. The molecule has 190 valence electrons. The molecule has 34 heavy (non-hydrogen) atoms. The summed E-state index contributed by atoms with van der Waals surface area (Å²) < 4.78 is -0.130. The van der Waals surface area contributed by atoms with Crippen LogP contribution in [-0.4, -0.2) is 29.2 Å². The van der Waals surface area contributed by atoms with Crippen LogP contribution in [0.5, 0.6) is 11.5 Å². The second kappa shape index (κ2) is 10.4. The molecule has 0 saturated heterocycles. The van der Waals surface area contributed by atoms with Crippen molar-refractivity contribution in [2.75, 3.05) is 0 Å². The lowest BCUT2D eigenvalue weighted by molar-refractivity contribution is 0.447. The molecule has 0 radical (unpaired) electrons. The van der Waals surface area contributed by atoms with Gasteiger partial charge in [-0.15, -0.1) is 47.0 Å². The maximum atomic E-state index is 11.2. The maximum absolute atomic E-state index is 11.2. The molecule has 0 fully saturated rings. The quantitative estimate of drug-likeness (QED) is 0.369. The third-order valence-corrected chi connectivity index (χ3v) is 8.65. The predicted molar refractivity (Wildman–Crippen MR) is 158 cm³/mol. The Morgan fingerprint density at radius 1 is 0.412 bits per heavy atom. The first-order chi connectivity index (χ1) is 15.1. The Kier molecular flexibility index (Phi) is 9.10. The van der Waals surface area contributed by atoms with Gasteiger partial charge in [-0.05, 0) is 35.4 Å². The average Bonchev–Trinajstić information content (AvgIpc) is 2.56. The molecule has 2 aromatic rings. The number of thioether (sulfide) groups is 4. The molecule has 0 spiro atoms. The minimum Gasteiger partial charge on any atom is -0.506 e. The summed E-state index contributed by atoms with van der Waals surface area (Å²) in [5, 5.41) is 22.3. The second-order valence-corrected chi connectivity index (χ2v) is 20.0. The SMILES string of the molecule is CC(C)(C)Sc1cc(-c2cc(SC(C)(C)C)c(O)c(SC(C)(C)C)c2)cc(SC(C)(C)C)c1O. The summed E-state index contributed by atoms with van der Waals surface area (Å²) in [5.74, 6) is 0.715. The van der Waals surface area contributed by atoms with E-state index in [0.717, 1.165) is 30.7 Å². The van der Waals surface area contributed by atoms with Gasteiger partial charge in [0.25, 0.3) is 0 Å². The van der Waals surface area contributed by atoms with Crippen molar-refractivity contribution in [1.82, 2.24) is 0 Å². The molecule has 0 aliphatic carbocycles. The van der Waals surface area contributed by atoms with Gasteiger partial charge < -0.3 is 10.2 Å². The molecular formula is C28H42O2S4. The van der Waals surface area contributed by atoms with Crippen molar-refractivity contribution >= 4 is 47.0 Å². The van der Waals surface area contributed by atoms with Crippen LogP contribution in [0, 0.1) is 0 Å². The largest absolute Gasteiger partial charge is 0.506 e. The maximum Gasteiger partial charge on any atom is 0.142 e. The van der Waals surface area contributed by atoms with Crippen molar-refractivity contribution in [3.05, 3.63) is 24.3 Å². The molecule has 0 bridgehead atoms. The summed E-state index contributed by atoms with van der Waals surface area (Å²) >= 11 is 6.74. The number of benzene rings is 2. The molecule has 2 N–H and O–H groups in total. The van der Waals surface area contributed by atoms with E-state index in [0.29, 0.717) is 11.5 Å². The number of phenolic OH excluding ortho intramolecular Hbond substituents is 2. The Morgan fingerprint density at radius 2 is 0.588 bits per heavy atom. The van der Waals surface area contributed by atoms with E-state index in [9.17, 15) is 10.2 Å². The Balaban J connectivity index is 2.78. The van der Waals surface area contributed by atoms with E-state index in [1.165, 1.54) is 0 Å². The van der Waals surface area contributed by atoms with Crippen LogP contribution >= 0.6 is 47.0 Å². The minimum absolute atomic E-state index is 0.0325. The van der Waals surface area contributed by atoms with Gasteiger partial charge in [-0.1, -0.05) is 83.1 Å². The van der Waals surface area contributed by atoms with Gasteiger partial charge in [0.05, 0.1) is 19.6 Å². The van der Waals surface area contributed by atoms with Crippen molar-refractivity contribution in [3.63, 3.8) is 0 Å². The van der Waals surface area contributed by atoms with Crippen LogP contribution in [0.4, 0.5) is 0 Å². The fraction of sp³-hybridized carbons (Fsp3) is 0.571. The Bertz CT molecular complexity index is 859. The molecule has 2 nitrogen and oxygen atoms in total. The highest BCUT2D eigenvalue weighted by molar-refractivity contribution is 8.02. The summed E-state index contributed by atoms with van der Waals surface area (Å²) in [7, 11) is 0. The standard InChI is InChI=1S/C28H42O2S4/c1-25(2,3)31-19-13-17(14-20(23(19)29)32-26(4,5)6)18-15-21(33-27(7,8)9)24(30)22(16-18)34-28(10,11)12/h13-16,29-30H,1-12H3. The predicted octanol–water partition coefficient (Wildman–Crippen LogP) is 10.3. The zero-order valence-corrected chi connectivity index (χ0v) is 26.1. The van der Waals surface area contributed by atoms with Crippen molar-refractivity contribution in [2.24, 2.45) is 0 Å². The number of phenols is 2. The molecule has 0 saturated carbocycles. The molecule has 2 rings (SSSR count). The highest BCUT2D eigenvalue weighted by Gasteiger charge is 2.25. The van der Waals surface area contributed by atoms with Gasteiger partial charge in [-0.2, -0.15) is 0 Å². The molecule has 0 unspecified atom stereocenters. The fourth-order valence-electron chi connectivity index (χ4n) is 3.13. The van der Waals surface area contributed by atoms with E-state index >= 15 is 0 Å². The smallest absolute Gasteiger partial charge is 0.142 e. The molecule has 0 aromatic heterocycles. The van der Waals surface area contributed by atoms with Crippen LogP contribution in [-0.2, 0) is 0 Å². The first kappa shape index (κ1) is 29.7. The lowest BCUT2D eigenvalue weighted by Gasteiger charge is -2.25. The van der Waals surface area contributed by atoms with Gasteiger partial charge in [-0.25, -0.2) is 0 Å². The Labute approximate surface area is 224 Å². The fourth-order valence-corrected chi connectivity index (χ4v) is 7.47. The topological polar surface area (TPSA) is 40.5 Å².